The molecule has 0 unspecified atom stereocenters. The van der Waals surface area contributed by atoms with Gasteiger partial charge in [-0.25, -0.2) is 0 Å². The van der Waals surface area contributed by atoms with Gasteiger partial charge in [0.1, 0.15) is 0 Å². The summed E-state index contributed by atoms with van der Waals surface area (Å²) in [6, 6.07) is 6.44. The topological polar surface area (TPSA) is 54.2 Å². The fraction of sp³-hybridized carbons (Fsp3) is 0.579. The van der Waals surface area contributed by atoms with E-state index in [4.69, 9.17) is 0 Å². The SMILES string of the molecule is CN=C(NCCCn1cccn1)NCC1(c2cccs2)CCCCC1. The first-order chi connectivity index (χ1) is 12.3. The molecule has 25 heavy (non-hydrogen) atoms. The van der Waals surface area contributed by atoms with Crippen LogP contribution in [0.1, 0.15) is 43.4 Å². The van der Waals surface area contributed by atoms with Crippen LogP contribution < -0.4 is 10.6 Å². The summed E-state index contributed by atoms with van der Waals surface area (Å²) in [6.07, 6.45) is 11.4. The molecule has 2 N–H and O–H groups in total. The summed E-state index contributed by atoms with van der Waals surface area (Å²) in [5.41, 5.74) is 0.277. The van der Waals surface area contributed by atoms with Gasteiger partial charge in [0.15, 0.2) is 5.96 Å². The number of hydrogen-bond donors (Lipinski definition) is 2. The largest absolute Gasteiger partial charge is 0.356 e. The molecule has 1 saturated carbocycles. The maximum absolute atomic E-state index is 4.39. The lowest BCUT2D eigenvalue weighted by atomic mass is 9.73. The maximum atomic E-state index is 4.39. The van der Waals surface area contributed by atoms with Gasteiger partial charge in [-0.15, -0.1) is 11.3 Å². The van der Waals surface area contributed by atoms with Crippen LogP contribution in [-0.4, -0.2) is 35.9 Å². The number of hydrogen-bond acceptors (Lipinski definition) is 3. The van der Waals surface area contributed by atoms with Crippen molar-refractivity contribution in [1.82, 2.24) is 20.4 Å². The quantitative estimate of drug-likeness (QED) is 0.452. The number of nitrogens with zero attached hydrogens (tertiary/aromatic N) is 3. The average molecular weight is 360 g/mol. The van der Waals surface area contributed by atoms with Crippen molar-refractivity contribution in [2.24, 2.45) is 4.99 Å². The van der Waals surface area contributed by atoms with Crippen LogP contribution in [0.4, 0.5) is 0 Å². The first-order valence-electron chi connectivity index (χ1n) is 9.28. The highest BCUT2D eigenvalue weighted by molar-refractivity contribution is 7.10. The Morgan fingerprint density at radius 1 is 1.28 bits per heavy atom. The molecule has 1 aliphatic rings. The van der Waals surface area contributed by atoms with Crippen molar-refractivity contribution < 1.29 is 0 Å². The minimum absolute atomic E-state index is 0.277. The van der Waals surface area contributed by atoms with E-state index in [1.54, 1.807) is 0 Å². The first-order valence-corrected chi connectivity index (χ1v) is 10.2. The molecule has 6 heteroatoms. The Morgan fingerprint density at radius 2 is 2.16 bits per heavy atom. The minimum atomic E-state index is 0.277. The van der Waals surface area contributed by atoms with Crippen LogP contribution in [0, 0.1) is 0 Å². The van der Waals surface area contributed by atoms with Gasteiger partial charge >= 0.3 is 0 Å². The summed E-state index contributed by atoms with van der Waals surface area (Å²) in [5, 5.41) is 13.5. The van der Waals surface area contributed by atoms with Crippen molar-refractivity contribution in [3.63, 3.8) is 0 Å². The third-order valence-electron chi connectivity index (χ3n) is 5.09. The lowest BCUT2D eigenvalue weighted by molar-refractivity contribution is 0.296. The van der Waals surface area contributed by atoms with Gasteiger partial charge in [-0.1, -0.05) is 25.3 Å². The molecule has 0 radical (unpaired) electrons. The Bertz CT molecular complexity index is 627. The second kappa shape index (κ2) is 9.04. The lowest BCUT2D eigenvalue weighted by Gasteiger charge is -2.37. The highest BCUT2D eigenvalue weighted by Crippen LogP contribution is 2.41. The minimum Gasteiger partial charge on any atom is -0.356 e. The first kappa shape index (κ1) is 18.0. The van der Waals surface area contributed by atoms with Crippen molar-refractivity contribution >= 4 is 17.3 Å². The number of aromatic nitrogens is 2. The molecule has 5 nitrogen and oxygen atoms in total. The van der Waals surface area contributed by atoms with Crippen LogP contribution in [0.5, 0.6) is 0 Å². The molecule has 0 amide bonds. The molecule has 0 spiro atoms. The summed E-state index contributed by atoms with van der Waals surface area (Å²) < 4.78 is 1.96. The van der Waals surface area contributed by atoms with Gasteiger partial charge in [-0.3, -0.25) is 9.67 Å². The molecule has 0 aromatic carbocycles. The van der Waals surface area contributed by atoms with Crippen molar-refractivity contribution in [1.29, 1.82) is 0 Å². The molecule has 1 aliphatic carbocycles. The molecule has 2 aromatic rings. The zero-order valence-electron chi connectivity index (χ0n) is 15.1. The third-order valence-corrected chi connectivity index (χ3v) is 6.20. The summed E-state index contributed by atoms with van der Waals surface area (Å²) in [5.74, 6) is 0.905. The van der Waals surface area contributed by atoms with Gasteiger partial charge in [0, 0.05) is 49.4 Å². The predicted octanol–water partition coefficient (Wildman–Crippen LogP) is 3.40. The Kier molecular flexibility index (Phi) is 6.50. The van der Waals surface area contributed by atoms with Crippen LogP contribution in [0.25, 0.3) is 0 Å². The molecule has 0 atom stereocenters. The van der Waals surface area contributed by atoms with Crippen LogP contribution in [-0.2, 0) is 12.0 Å². The van der Waals surface area contributed by atoms with Gasteiger partial charge in [-0.2, -0.15) is 5.10 Å². The van der Waals surface area contributed by atoms with Crippen molar-refractivity contribution in [3.8, 4) is 0 Å². The average Bonchev–Trinajstić information content (AvgIpc) is 3.36. The van der Waals surface area contributed by atoms with E-state index in [9.17, 15) is 0 Å². The second-order valence-electron chi connectivity index (χ2n) is 6.79. The smallest absolute Gasteiger partial charge is 0.191 e. The van der Waals surface area contributed by atoms with Gasteiger partial charge in [0.05, 0.1) is 0 Å². The molecule has 136 valence electrons. The van der Waals surface area contributed by atoms with E-state index in [1.165, 1.54) is 37.0 Å². The number of guanidine groups is 1. The summed E-state index contributed by atoms with van der Waals surface area (Å²) >= 11 is 1.90. The van der Waals surface area contributed by atoms with Crippen LogP contribution in [0.3, 0.4) is 0 Å². The van der Waals surface area contributed by atoms with Crippen LogP contribution in [0.2, 0.25) is 0 Å². The molecule has 0 saturated heterocycles. The van der Waals surface area contributed by atoms with Gasteiger partial charge < -0.3 is 10.6 Å². The van der Waals surface area contributed by atoms with E-state index < -0.39 is 0 Å². The summed E-state index contributed by atoms with van der Waals surface area (Å²) in [6.45, 7) is 2.79. The van der Waals surface area contributed by atoms with Gasteiger partial charge in [-0.05, 0) is 36.8 Å². The highest BCUT2D eigenvalue weighted by atomic mass is 32.1. The van der Waals surface area contributed by atoms with Gasteiger partial charge in [0.25, 0.3) is 0 Å². The van der Waals surface area contributed by atoms with Gasteiger partial charge in [0.2, 0.25) is 0 Å². The Labute approximate surface area is 154 Å². The van der Waals surface area contributed by atoms with Crippen LogP contribution >= 0.6 is 11.3 Å². The predicted molar refractivity (Wildman–Crippen MR) is 105 cm³/mol. The molecule has 2 heterocycles. The molecular weight excluding hydrogens is 330 g/mol. The lowest BCUT2D eigenvalue weighted by Crippen LogP contribution is -2.46. The Hall–Kier alpha value is -1.82. The van der Waals surface area contributed by atoms with Crippen molar-refractivity contribution in [3.05, 3.63) is 40.8 Å². The number of rotatable bonds is 7. The van der Waals surface area contributed by atoms with E-state index in [-0.39, 0.29) is 5.41 Å². The third kappa shape index (κ3) is 4.84. The van der Waals surface area contributed by atoms with E-state index in [0.29, 0.717) is 0 Å². The molecule has 0 aliphatic heterocycles. The maximum Gasteiger partial charge on any atom is 0.191 e. The fourth-order valence-electron chi connectivity index (χ4n) is 3.67. The van der Waals surface area contributed by atoms with E-state index in [1.807, 2.05) is 41.5 Å². The number of thiophene rings is 1. The van der Waals surface area contributed by atoms with E-state index >= 15 is 0 Å². The van der Waals surface area contributed by atoms with E-state index in [2.05, 4.69) is 38.2 Å². The number of aliphatic imine (C=N–C) groups is 1. The normalized spacial score (nSPS) is 17.4. The standard InChI is InChI=1S/C19H29N5S/c1-20-18(21-11-6-13-24-14-7-12-23-24)22-16-19(9-3-2-4-10-19)17-8-5-15-25-17/h5,7-8,12,14-15H,2-4,6,9-11,13,16H2,1H3,(H2,20,21,22). The molecule has 3 rings (SSSR count). The zero-order valence-corrected chi connectivity index (χ0v) is 15.9. The van der Waals surface area contributed by atoms with E-state index in [0.717, 1.165) is 32.0 Å². The number of aryl methyl sites for hydroxylation is 1. The zero-order chi connectivity index (χ0) is 17.4. The van der Waals surface area contributed by atoms with Crippen molar-refractivity contribution in [2.75, 3.05) is 20.1 Å². The molecule has 2 aromatic heterocycles. The van der Waals surface area contributed by atoms with Crippen molar-refractivity contribution in [2.45, 2.75) is 50.5 Å². The molecule has 0 bridgehead atoms. The Morgan fingerprint density at radius 3 is 2.84 bits per heavy atom. The Balaban J connectivity index is 1.49. The highest BCUT2D eigenvalue weighted by Gasteiger charge is 2.34. The number of nitrogens with one attached hydrogen (secondary N) is 2. The monoisotopic (exact) mass is 359 g/mol. The summed E-state index contributed by atoms with van der Waals surface area (Å²) in [7, 11) is 1.85. The fourth-order valence-corrected chi connectivity index (χ4v) is 4.66. The van der Waals surface area contributed by atoms with Crippen LogP contribution in [0.15, 0.2) is 41.0 Å². The molecule has 1 fully saturated rings. The second-order valence-corrected chi connectivity index (χ2v) is 7.74. The molecular formula is C19H29N5S. The summed E-state index contributed by atoms with van der Waals surface area (Å²) in [4.78, 5) is 5.92.